The average Bonchev–Trinajstić information content (AvgIpc) is 3.43. The van der Waals surface area contributed by atoms with E-state index in [0.29, 0.717) is 34.8 Å². The molecule has 1 fully saturated rings. The van der Waals surface area contributed by atoms with Gasteiger partial charge in [0.1, 0.15) is 0 Å². The van der Waals surface area contributed by atoms with Crippen LogP contribution in [0.5, 0.6) is 0 Å². The van der Waals surface area contributed by atoms with Gasteiger partial charge in [-0.05, 0) is 51.8 Å². The Kier molecular flexibility index (Phi) is 4.18. The molecule has 1 saturated carbocycles. The van der Waals surface area contributed by atoms with E-state index in [1.807, 2.05) is 49.9 Å². The minimum Gasteiger partial charge on any atom is -0.336 e. The highest BCUT2D eigenvalue weighted by Gasteiger charge is 2.30. The third kappa shape index (κ3) is 3.07. The first-order chi connectivity index (χ1) is 12.5. The van der Waals surface area contributed by atoms with Crippen LogP contribution in [0.2, 0.25) is 0 Å². The van der Waals surface area contributed by atoms with Crippen LogP contribution in [0.3, 0.4) is 0 Å². The van der Waals surface area contributed by atoms with E-state index in [1.165, 1.54) is 0 Å². The molecule has 3 aromatic rings. The van der Waals surface area contributed by atoms with E-state index in [4.69, 9.17) is 4.52 Å². The van der Waals surface area contributed by atoms with Crippen molar-refractivity contribution in [2.24, 2.45) is 0 Å². The van der Waals surface area contributed by atoms with Crippen molar-refractivity contribution in [3.05, 3.63) is 53.1 Å². The molecule has 0 N–H and O–H groups in total. The van der Waals surface area contributed by atoms with Gasteiger partial charge in [0.15, 0.2) is 0 Å². The van der Waals surface area contributed by atoms with Gasteiger partial charge in [-0.2, -0.15) is 0 Å². The van der Waals surface area contributed by atoms with E-state index >= 15 is 0 Å². The number of amides is 1. The second-order valence-electron chi connectivity index (χ2n) is 7.16. The predicted octanol–water partition coefficient (Wildman–Crippen LogP) is 3.85. The third-order valence-electron chi connectivity index (χ3n) is 4.81. The van der Waals surface area contributed by atoms with E-state index in [1.54, 1.807) is 6.20 Å². The molecule has 134 valence electrons. The van der Waals surface area contributed by atoms with Crippen molar-refractivity contribution < 1.29 is 9.32 Å². The molecule has 6 heteroatoms. The number of rotatable bonds is 5. The molecule has 0 aliphatic heterocycles. The maximum absolute atomic E-state index is 13.5. The largest absolute Gasteiger partial charge is 0.336 e. The molecule has 1 aliphatic carbocycles. The smallest absolute Gasteiger partial charge is 0.259 e. The fraction of sp³-hybridized carbons (Fsp3) is 0.400. The normalized spacial score (nSPS) is 14.2. The van der Waals surface area contributed by atoms with Crippen LogP contribution in [-0.2, 0) is 6.54 Å². The van der Waals surface area contributed by atoms with Gasteiger partial charge in [-0.3, -0.25) is 9.78 Å². The standard InChI is InChI=1S/C20H22N4O2/c1-12(2)24(11-15-6-4-5-9-21-15)20(25)16-10-17(14-7-8-14)22-19-18(16)13(3)23-26-19/h4-6,9-10,12,14H,7-8,11H2,1-3H3. The molecule has 3 aromatic heterocycles. The molecule has 1 aliphatic rings. The number of aryl methyl sites for hydroxylation is 1. The Labute approximate surface area is 152 Å². The van der Waals surface area contributed by atoms with E-state index in [-0.39, 0.29) is 11.9 Å². The molecule has 26 heavy (non-hydrogen) atoms. The number of aromatic nitrogens is 3. The first-order valence-electron chi connectivity index (χ1n) is 9.02. The summed E-state index contributed by atoms with van der Waals surface area (Å²) in [4.78, 5) is 24.2. The van der Waals surface area contributed by atoms with Gasteiger partial charge in [0.2, 0.25) is 0 Å². The zero-order valence-corrected chi connectivity index (χ0v) is 15.3. The van der Waals surface area contributed by atoms with Crippen molar-refractivity contribution in [1.82, 2.24) is 20.0 Å². The Balaban J connectivity index is 1.76. The summed E-state index contributed by atoms with van der Waals surface area (Å²) in [7, 11) is 0. The molecule has 0 bridgehead atoms. The van der Waals surface area contributed by atoms with Gasteiger partial charge in [0.25, 0.3) is 11.6 Å². The molecule has 3 heterocycles. The monoisotopic (exact) mass is 350 g/mol. The van der Waals surface area contributed by atoms with Crippen molar-refractivity contribution in [3.63, 3.8) is 0 Å². The van der Waals surface area contributed by atoms with Gasteiger partial charge in [-0.15, -0.1) is 0 Å². The zero-order valence-electron chi connectivity index (χ0n) is 15.3. The number of pyridine rings is 2. The van der Waals surface area contributed by atoms with Gasteiger partial charge in [-0.1, -0.05) is 11.2 Å². The van der Waals surface area contributed by atoms with Crippen molar-refractivity contribution >= 4 is 17.0 Å². The summed E-state index contributed by atoms with van der Waals surface area (Å²) in [6, 6.07) is 7.72. The molecular weight excluding hydrogens is 328 g/mol. The highest BCUT2D eigenvalue weighted by molar-refractivity contribution is 6.06. The topological polar surface area (TPSA) is 72.1 Å². The number of carbonyl (C=O) groups is 1. The molecule has 6 nitrogen and oxygen atoms in total. The van der Waals surface area contributed by atoms with Crippen LogP contribution in [-0.4, -0.2) is 32.0 Å². The fourth-order valence-corrected chi connectivity index (χ4v) is 3.18. The molecule has 0 radical (unpaired) electrons. The van der Waals surface area contributed by atoms with Crippen molar-refractivity contribution in [2.45, 2.75) is 52.1 Å². The summed E-state index contributed by atoms with van der Waals surface area (Å²) in [5.41, 5.74) is 3.57. The van der Waals surface area contributed by atoms with Crippen LogP contribution in [0.1, 0.15) is 60.0 Å². The lowest BCUT2D eigenvalue weighted by Crippen LogP contribution is -2.36. The predicted molar refractivity (Wildman–Crippen MR) is 97.8 cm³/mol. The highest BCUT2D eigenvalue weighted by Crippen LogP contribution is 2.40. The molecule has 0 saturated heterocycles. The second kappa shape index (κ2) is 6.52. The number of fused-ring (bicyclic) bond motifs is 1. The Morgan fingerprint density at radius 2 is 2.15 bits per heavy atom. The molecule has 0 unspecified atom stereocenters. The van der Waals surface area contributed by atoms with Gasteiger partial charge in [0, 0.05) is 23.9 Å². The Bertz CT molecular complexity index is 945. The Hall–Kier alpha value is -2.76. The van der Waals surface area contributed by atoms with Crippen LogP contribution in [0, 0.1) is 6.92 Å². The first-order valence-corrected chi connectivity index (χ1v) is 9.02. The second-order valence-corrected chi connectivity index (χ2v) is 7.16. The van der Waals surface area contributed by atoms with Gasteiger partial charge >= 0.3 is 0 Å². The van der Waals surface area contributed by atoms with Crippen molar-refractivity contribution in [2.75, 3.05) is 0 Å². The average molecular weight is 350 g/mol. The van der Waals surface area contributed by atoms with Crippen LogP contribution in [0.4, 0.5) is 0 Å². The Morgan fingerprint density at radius 1 is 1.35 bits per heavy atom. The van der Waals surface area contributed by atoms with Gasteiger partial charge in [-0.25, -0.2) is 4.98 Å². The van der Waals surface area contributed by atoms with Crippen LogP contribution < -0.4 is 0 Å². The van der Waals surface area contributed by atoms with E-state index in [0.717, 1.165) is 24.2 Å². The maximum Gasteiger partial charge on any atom is 0.259 e. The molecule has 0 atom stereocenters. The molecule has 4 rings (SSSR count). The number of nitrogens with zero attached hydrogens (tertiary/aromatic N) is 4. The summed E-state index contributed by atoms with van der Waals surface area (Å²) < 4.78 is 5.37. The number of hydrogen-bond donors (Lipinski definition) is 0. The summed E-state index contributed by atoms with van der Waals surface area (Å²) in [5, 5.41) is 4.74. The van der Waals surface area contributed by atoms with Crippen molar-refractivity contribution in [3.8, 4) is 0 Å². The summed E-state index contributed by atoms with van der Waals surface area (Å²) >= 11 is 0. The van der Waals surface area contributed by atoms with Crippen LogP contribution >= 0.6 is 0 Å². The minimum absolute atomic E-state index is 0.0359. The third-order valence-corrected chi connectivity index (χ3v) is 4.81. The minimum atomic E-state index is -0.0359. The SMILES string of the molecule is Cc1noc2nc(C3CC3)cc(C(=O)N(Cc3ccccn3)C(C)C)c12. The maximum atomic E-state index is 13.5. The Morgan fingerprint density at radius 3 is 2.81 bits per heavy atom. The first kappa shape index (κ1) is 16.7. The van der Waals surface area contributed by atoms with Crippen molar-refractivity contribution in [1.29, 1.82) is 0 Å². The lowest BCUT2D eigenvalue weighted by molar-refractivity contribution is 0.0689. The summed E-state index contributed by atoms with van der Waals surface area (Å²) in [5.74, 6) is 0.394. The molecule has 1 amide bonds. The lowest BCUT2D eigenvalue weighted by atomic mass is 10.1. The highest BCUT2D eigenvalue weighted by atomic mass is 16.5. The number of hydrogen-bond acceptors (Lipinski definition) is 5. The molecule has 0 aromatic carbocycles. The lowest BCUT2D eigenvalue weighted by Gasteiger charge is -2.27. The van der Waals surface area contributed by atoms with Gasteiger partial charge < -0.3 is 9.42 Å². The zero-order chi connectivity index (χ0) is 18.3. The number of carbonyl (C=O) groups excluding carboxylic acids is 1. The quantitative estimate of drug-likeness (QED) is 0.699. The molecule has 0 spiro atoms. The fourth-order valence-electron chi connectivity index (χ4n) is 3.18. The summed E-state index contributed by atoms with van der Waals surface area (Å²) in [6.45, 7) is 6.34. The van der Waals surface area contributed by atoms with Crippen LogP contribution in [0.25, 0.3) is 11.1 Å². The molecular formula is C20H22N4O2. The summed E-state index contributed by atoms with van der Waals surface area (Å²) in [6.07, 6.45) is 3.97. The van der Waals surface area contributed by atoms with Crippen LogP contribution in [0.15, 0.2) is 35.0 Å². The van der Waals surface area contributed by atoms with E-state index in [9.17, 15) is 4.79 Å². The van der Waals surface area contributed by atoms with E-state index in [2.05, 4.69) is 15.1 Å². The van der Waals surface area contributed by atoms with Gasteiger partial charge in [0.05, 0.1) is 28.9 Å². The van der Waals surface area contributed by atoms with E-state index < -0.39 is 0 Å².